The number of hydrogen-bond donors (Lipinski definition) is 0. The molecule has 0 spiro atoms. The van der Waals surface area contributed by atoms with Gasteiger partial charge in [-0.2, -0.15) is 0 Å². The van der Waals surface area contributed by atoms with Crippen molar-refractivity contribution in [2.75, 3.05) is 0 Å². The van der Waals surface area contributed by atoms with Crippen LogP contribution in [0.2, 0.25) is 0 Å². The molecule has 1 heterocycles. The van der Waals surface area contributed by atoms with E-state index >= 15 is 0 Å². The van der Waals surface area contributed by atoms with E-state index in [9.17, 15) is 0 Å². The first-order chi connectivity index (χ1) is 6.79. The van der Waals surface area contributed by atoms with Gasteiger partial charge in [-0.25, -0.2) is 4.98 Å². The zero-order chi connectivity index (χ0) is 9.97. The lowest BCUT2D eigenvalue weighted by Gasteiger charge is -1.98. The highest BCUT2D eigenvalue weighted by Crippen LogP contribution is 2.20. The van der Waals surface area contributed by atoms with Crippen molar-refractivity contribution in [3.05, 3.63) is 41.9 Å². The molecule has 0 bridgehead atoms. The van der Waals surface area contributed by atoms with E-state index < -0.39 is 0 Å². The maximum Gasteiger partial charge on any atom is 0.191 e. The van der Waals surface area contributed by atoms with Crippen molar-refractivity contribution in [2.45, 2.75) is 20.3 Å². The van der Waals surface area contributed by atoms with E-state index in [1.807, 2.05) is 6.92 Å². The van der Waals surface area contributed by atoms with Crippen molar-refractivity contribution in [3.8, 4) is 11.3 Å². The molecule has 72 valence electrons. The van der Waals surface area contributed by atoms with Gasteiger partial charge in [0.2, 0.25) is 0 Å². The Labute approximate surface area is 83.6 Å². The summed E-state index contributed by atoms with van der Waals surface area (Å²) in [5.74, 6) is 1.55. The van der Waals surface area contributed by atoms with Crippen molar-refractivity contribution < 1.29 is 4.42 Å². The summed E-state index contributed by atoms with van der Waals surface area (Å²) in [7, 11) is 0. The number of nitrogens with zero attached hydrogens (tertiary/aromatic N) is 1. The van der Waals surface area contributed by atoms with Crippen molar-refractivity contribution >= 4 is 0 Å². The van der Waals surface area contributed by atoms with Gasteiger partial charge in [0.15, 0.2) is 11.7 Å². The molecule has 0 amide bonds. The highest BCUT2D eigenvalue weighted by atomic mass is 16.4. The molecule has 2 heteroatoms. The van der Waals surface area contributed by atoms with E-state index in [0.29, 0.717) is 5.89 Å². The number of benzene rings is 1. The van der Waals surface area contributed by atoms with Gasteiger partial charge in [-0.1, -0.05) is 31.2 Å². The molecule has 2 rings (SSSR count). The lowest BCUT2D eigenvalue weighted by Crippen LogP contribution is -1.79. The summed E-state index contributed by atoms with van der Waals surface area (Å²) in [6, 6.07) is 8.37. The summed E-state index contributed by atoms with van der Waals surface area (Å²) >= 11 is 0. The third kappa shape index (κ3) is 1.69. The largest absolute Gasteiger partial charge is 0.441 e. The third-order valence-corrected chi connectivity index (χ3v) is 2.27. The first kappa shape index (κ1) is 9.00. The van der Waals surface area contributed by atoms with Gasteiger partial charge in [-0.3, -0.25) is 0 Å². The average molecular weight is 187 g/mol. The summed E-state index contributed by atoms with van der Waals surface area (Å²) in [5, 5.41) is 0. The predicted molar refractivity (Wildman–Crippen MR) is 56.1 cm³/mol. The first-order valence-electron chi connectivity index (χ1n) is 4.81. The average Bonchev–Trinajstić information content (AvgIpc) is 2.65. The number of aromatic nitrogens is 1. The summed E-state index contributed by atoms with van der Waals surface area (Å²) in [5.41, 5.74) is 2.42. The molecule has 0 atom stereocenters. The molecular formula is C12H13NO. The Morgan fingerprint density at radius 1 is 1.21 bits per heavy atom. The Bertz CT molecular complexity index is 414. The maximum atomic E-state index is 5.43. The Kier molecular flexibility index (Phi) is 2.35. The minimum atomic E-state index is 0.708. The Hall–Kier alpha value is -1.57. The zero-order valence-electron chi connectivity index (χ0n) is 8.45. The molecule has 14 heavy (non-hydrogen) atoms. The van der Waals surface area contributed by atoms with Gasteiger partial charge >= 0.3 is 0 Å². The Morgan fingerprint density at radius 3 is 2.43 bits per heavy atom. The standard InChI is InChI=1S/C12H13NO/c1-3-10-4-6-11(7-5-10)12-8-13-9(2)14-12/h4-8H,3H2,1-2H3. The SMILES string of the molecule is CCc1ccc(-c2cnc(C)o2)cc1. The van der Waals surface area contributed by atoms with Crippen LogP contribution in [-0.4, -0.2) is 4.98 Å². The van der Waals surface area contributed by atoms with E-state index in [0.717, 1.165) is 17.7 Å². The molecule has 1 aromatic carbocycles. The number of aryl methyl sites for hydroxylation is 2. The van der Waals surface area contributed by atoms with Gasteiger partial charge < -0.3 is 4.42 Å². The van der Waals surface area contributed by atoms with Crippen molar-refractivity contribution in [3.63, 3.8) is 0 Å². The molecule has 0 N–H and O–H groups in total. The highest BCUT2D eigenvalue weighted by molar-refractivity contribution is 5.56. The fraction of sp³-hybridized carbons (Fsp3) is 0.250. The van der Waals surface area contributed by atoms with Crippen LogP contribution in [0.5, 0.6) is 0 Å². The van der Waals surface area contributed by atoms with Gasteiger partial charge in [-0.05, 0) is 12.0 Å². The smallest absolute Gasteiger partial charge is 0.191 e. The van der Waals surface area contributed by atoms with Crippen LogP contribution >= 0.6 is 0 Å². The van der Waals surface area contributed by atoms with Crippen LogP contribution in [0, 0.1) is 6.92 Å². The van der Waals surface area contributed by atoms with Crippen molar-refractivity contribution in [1.29, 1.82) is 0 Å². The van der Waals surface area contributed by atoms with Crippen molar-refractivity contribution in [1.82, 2.24) is 4.98 Å². The fourth-order valence-corrected chi connectivity index (χ4v) is 1.40. The van der Waals surface area contributed by atoms with Crippen LogP contribution in [0.15, 0.2) is 34.9 Å². The van der Waals surface area contributed by atoms with Gasteiger partial charge in [0.1, 0.15) is 0 Å². The summed E-state index contributed by atoms with van der Waals surface area (Å²) in [6.07, 6.45) is 2.83. The number of hydrogen-bond acceptors (Lipinski definition) is 2. The molecule has 0 aliphatic heterocycles. The molecule has 1 aromatic heterocycles. The first-order valence-corrected chi connectivity index (χ1v) is 4.81. The second kappa shape index (κ2) is 3.66. The van der Waals surface area contributed by atoms with E-state index in [1.54, 1.807) is 6.20 Å². The topological polar surface area (TPSA) is 26.0 Å². The van der Waals surface area contributed by atoms with Gasteiger partial charge in [0, 0.05) is 12.5 Å². The highest BCUT2D eigenvalue weighted by Gasteiger charge is 2.02. The molecule has 0 saturated heterocycles. The van der Waals surface area contributed by atoms with Gasteiger partial charge in [-0.15, -0.1) is 0 Å². The van der Waals surface area contributed by atoms with Crippen LogP contribution in [0.1, 0.15) is 18.4 Å². The van der Waals surface area contributed by atoms with E-state index in [1.165, 1.54) is 5.56 Å². The summed E-state index contributed by atoms with van der Waals surface area (Å²) < 4.78 is 5.43. The lowest BCUT2D eigenvalue weighted by molar-refractivity contribution is 0.534. The van der Waals surface area contributed by atoms with E-state index in [2.05, 4.69) is 36.2 Å². The number of oxazole rings is 1. The lowest BCUT2D eigenvalue weighted by atomic mass is 10.1. The minimum absolute atomic E-state index is 0.708. The maximum absolute atomic E-state index is 5.43. The van der Waals surface area contributed by atoms with Gasteiger partial charge in [0.25, 0.3) is 0 Å². The normalized spacial score (nSPS) is 10.4. The molecule has 0 unspecified atom stereocenters. The minimum Gasteiger partial charge on any atom is -0.441 e. The van der Waals surface area contributed by atoms with Crippen LogP contribution in [0.3, 0.4) is 0 Å². The van der Waals surface area contributed by atoms with Gasteiger partial charge in [0.05, 0.1) is 6.20 Å². The molecule has 0 saturated carbocycles. The molecule has 2 aromatic rings. The molecule has 0 radical (unpaired) electrons. The molecule has 2 nitrogen and oxygen atoms in total. The van der Waals surface area contributed by atoms with Crippen LogP contribution < -0.4 is 0 Å². The second-order valence-corrected chi connectivity index (χ2v) is 3.29. The Morgan fingerprint density at radius 2 is 1.93 bits per heavy atom. The summed E-state index contributed by atoms with van der Waals surface area (Å²) in [4.78, 5) is 4.07. The number of rotatable bonds is 2. The molecular weight excluding hydrogens is 174 g/mol. The van der Waals surface area contributed by atoms with Crippen LogP contribution in [-0.2, 0) is 6.42 Å². The van der Waals surface area contributed by atoms with Crippen LogP contribution in [0.25, 0.3) is 11.3 Å². The summed E-state index contributed by atoms with van der Waals surface area (Å²) in [6.45, 7) is 4.00. The van der Waals surface area contributed by atoms with E-state index in [-0.39, 0.29) is 0 Å². The third-order valence-electron chi connectivity index (χ3n) is 2.27. The Balaban J connectivity index is 2.33. The van der Waals surface area contributed by atoms with Crippen LogP contribution in [0.4, 0.5) is 0 Å². The van der Waals surface area contributed by atoms with Crippen molar-refractivity contribution in [2.24, 2.45) is 0 Å². The van der Waals surface area contributed by atoms with E-state index in [4.69, 9.17) is 4.42 Å². The predicted octanol–water partition coefficient (Wildman–Crippen LogP) is 3.21. The molecule has 0 fully saturated rings. The second-order valence-electron chi connectivity index (χ2n) is 3.29. The molecule has 0 aliphatic rings. The monoisotopic (exact) mass is 187 g/mol. The quantitative estimate of drug-likeness (QED) is 0.721. The fourth-order valence-electron chi connectivity index (χ4n) is 1.40. The zero-order valence-corrected chi connectivity index (χ0v) is 8.45. The molecule has 0 aliphatic carbocycles.